The van der Waals surface area contributed by atoms with Gasteiger partial charge in [-0.3, -0.25) is 19.8 Å². The van der Waals surface area contributed by atoms with E-state index in [4.69, 9.17) is 20.9 Å². The van der Waals surface area contributed by atoms with Crippen LogP contribution in [-0.4, -0.2) is 44.8 Å². The number of amides is 1. The molecule has 2 aliphatic carbocycles. The Bertz CT molecular complexity index is 1510. The zero-order chi connectivity index (χ0) is 28.4. The van der Waals surface area contributed by atoms with Gasteiger partial charge in [-0.05, 0) is 55.9 Å². The molecule has 1 aromatic heterocycles. The predicted octanol–water partition coefficient (Wildman–Crippen LogP) is 4.33. The van der Waals surface area contributed by atoms with Gasteiger partial charge < -0.3 is 19.9 Å². The average molecular weight is 580 g/mol. The summed E-state index contributed by atoms with van der Waals surface area (Å²) in [5, 5.41) is 7.59. The molecule has 10 heteroatoms. The number of hydrogen-bond acceptors (Lipinski definition) is 6. The van der Waals surface area contributed by atoms with Crippen molar-refractivity contribution in [3.63, 3.8) is 0 Å². The molecule has 3 aromatic rings. The Morgan fingerprint density at radius 2 is 1.80 bits per heavy atom. The third-order valence-corrected chi connectivity index (χ3v) is 8.31. The number of aryl methyl sites for hydroxylation is 1. The summed E-state index contributed by atoms with van der Waals surface area (Å²) in [5.74, 6) is -0.342. The molecule has 2 saturated carbocycles. The second kappa shape index (κ2) is 12.4. The van der Waals surface area contributed by atoms with Crippen molar-refractivity contribution in [2.24, 2.45) is 12.8 Å². The Balaban J connectivity index is 0.00000387. The van der Waals surface area contributed by atoms with Gasteiger partial charge in [0.05, 0.1) is 29.6 Å². The number of nitrogen functional groups attached to an aromatic ring is 1. The maximum absolute atomic E-state index is 13.6. The molecule has 9 nitrogen and oxygen atoms in total. The van der Waals surface area contributed by atoms with Gasteiger partial charge in [-0.25, -0.2) is 4.98 Å². The lowest BCUT2D eigenvalue weighted by Gasteiger charge is -2.38. The number of fused-ring (bicyclic) bond motifs is 1. The van der Waals surface area contributed by atoms with E-state index in [0.29, 0.717) is 29.8 Å². The van der Waals surface area contributed by atoms with Crippen LogP contribution >= 0.6 is 12.4 Å². The van der Waals surface area contributed by atoms with E-state index in [1.807, 2.05) is 30.3 Å². The molecular weight excluding hydrogens is 542 g/mol. The molecular formula is C31H38ClN5O4. The largest absolute Gasteiger partial charge is 0.466 e. The zero-order valence-corrected chi connectivity index (χ0v) is 24.5. The lowest BCUT2D eigenvalue weighted by Crippen LogP contribution is -2.46. The van der Waals surface area contributed by atoms with Crippen molar-refractivity contribution in [3.05, 3.63) is 75.2 Å². The first-order valence-corrected chi connectivity index (χ1v) is 14.1. The number of benzene rings is 2. The fourth-order valence-electron chi connectivity index (χ4n) is 6.10. The van der Waals surface area contributed by atoms with Crippen LogP contribution in [0.5, 0.6) is 0 Å². The van der Waals surface area contributed by atoms with Gasteiger partial charge in [0.1, 0.15) is 11.5 Å². The second-order valence-electron chi connectivity index (χ2n) is 11.0. The molecule has 0 radical (unpaired) electrons. The third kappa shape index (κ3) is 6.15. The van der Waals surface area contributed by atoms with Crippen molar-refractivity contribution in [2.75, 3.05) is 6.61 Å². The molecule has 0 saturated heterocycles. The molecule has 0 spiro atoms. The monoisotopic (exact) mass is 579 g/mol. The molecule has 1 amide bonds. The van der Waals surface area contributed by atoms with E-state index in [0.717, 1.165) is 55.2 Å². The molecule has 218 valence electrons. The Hall–Kier alpha value is -3.72. The van der Waals surface area contributed by atoms with Gasteiger partial charge in [-0.15, -0.1) is 12.4 Å². The number of esters is 1. The second-order valence-corrected chi connectivity index (χ2v) is 11.0. The molecule has 2 aromatic carbocycles. The molecule has 5 rings (SSSR count). The summed E-state index contributed by atoms with van der Waals surface area (Å²) in [6.45, 7) is 2.07. The third-order valence-electron chi connectivity index (χ3n) is 8.31. The minimum absolute atomic E-state index is 0. The molecule has 0 aliphatic heterocycles. The van der Waals surface area contributed by atoms with Gasteiger partial charge in [-0.1, -0.05) is 43.2 Å². The quantitative estimate of drug-likeness (QED) is 0.209. The summed E-state index contributed by atoms with van der Waals surface area (Å²) in [6, 6.07) is 13.4. The Labute approximate surface area is 246 Å². The number of nitrogens with zero attached hydrogens (tertiary/aromatic N) is 3. The maximum Gasteiger partial charge on any atom is 0.306 e. The number of halogens is 1. The number of carbonyl (C=O) groups is 2. The van der Waals surface area contributed by atoms with Crippen molar-refractivity contribution in [2.45, 2.75) is 76.3 Å². The Morgan fingerprint density at radius 1 is 1.12 bits per heavy atom. The minimum Gasteiger partial charge on any atom is -0.466 e. The highest BCUT2D eigenvalue weighted by Gasteiger charge is 2.54. The molecule has 2 fully saturated rings. The summed E-state index contributed by atoms with van der Waals surface area (Å²) in [6.07, 6.45) is 6.45. The van der Waals surface area contributed by atoms with Gasteiger partial charge in [0.15, 0.2) is 0 Å². The van der Waals surface area contributed by atoms with Crippen LogP contribution < -0.4 is 11.3 Å². The summed E-state index contributed by atoms with van der Waals surface area (Å²) in [5.41, 5.74) is 9.46. The minimum atomic E-state index is -0.409. The number of hydrogen-bond donors (Lipinski definition) is 2. The zero-order valence-electron chi connectivity index (χ0n) is 23.7. The molecule has 41 heavy (non-hydrogen) atoms. The highest BCUT2D eigenvalue weighted by atomic mass is 35.5. The predicted molar refractivity (Wildman–Crippen MR) is 160 cm³/mol. The summed E-state index contributed by atoms with van der Waals surface area (Å²) in [4.78, 5) is 45.7. The van der Waals surface area contributed by atoms with E-state index >= 15 is 0 Å². The van der Waals surface area contributed by atoms with Crippen molar-refractivity contribution >= 4 is 41.2 Å². The van der Waals surface area contributed by atoms with E-state index in [9.17, 15) is 14.4 Å². The summed E-state index contributed by atoms with van der Waals surface area (Å²) >= 11 is 0. The summed E-state index contributed by atoms with van der Waals surface area (Å²) < 4.78 is 6.69. The average Bonchev–Trinajstić information content (AvgIpc) is 3.56. The van der Waals surface area contributed by atoms with Crippen molar-refractivity contribution in [1.29, 1.82) is 5.41 Å². The fraction of sp³-hybridized carbons (Fsp3) is 0.452. The van der Waals surface area contributed by atoms with Crippen LogP contribution in [0.3, 0.4) is 0 Å². The van der Waals surface area contributed by atoms with Crippen LogP contribution in [0.25, 0.3) is 11.0 Å². The first kappa shape index (κ1) is 30.2. The van der Waals surface area contributed by atoms with Gasteiger partial charge in [-0.2, -0.15) is 0 Å². The van der Waals surface area contributed by atoms with Crippen LogP contribution in [0.15, 0.2) is 47.3 Å². The maximum atomic E-state index is 13.6. The lowest BCUT2D eigenvalue weighted by atomic mass is 9.98. The molecule has 0 bridgehead atoms. The van der Waals surface area contributed by atoms with Crippen LogP contribution in [0, 0.1) is 5.41 Å². The number of ether oxygens (including phenoxy) is 1. The topological polar surface area (TPSA) is 131 Å². The number of nitrogens with two attached hydrogens (primary N) is 1. The van der Waals surface area contributed by atoms with E-state index in [1.54, 1.807) is 30.7 Å². The highest BCUT2D eigenvalue weighted by molar-refractivity contribution is 5.94. The standard InChI is InChI=1S/C31H37N5O4.ClH/c1-3-40-28(38)15-14-27(37)36(23-6-4-5-7-23)31(16-17-31)22-12-13-26-24(19-22)34-25(30(39)35(26)2)18-20-8-10-21(11-9-20)29(32)33;/h8-13,19,23H,3-7,14-18H2,1-2H3,(H3,32,33);1H. The first-order chi connectivity index (χ1) is 19.2. The molecule has 0 atom stereocenters. The van der Waals surface area contributed by atoms with Crippen molar-refractivity contribution < 1.29 is 14.3 Å². The van der Waals surface area contributed by atoms with Gasteiger partial charge in [0.25, 0.3) is 5.56 Å². The smallest absolute Gasteiger partial charge is 0.306 e. The fourth-order valence-corrected chi connectivity index (χ4v) is 6.10. The summed E-state index contributed by atoms with van der Waals surface area (Å²) in [7, 11) is 1.75. The van der Waals surface area contributed by atoms with Gasteiger partial charge in [0, 0.05) is 31.5 Å². The first-order valence-electron chi connectivity index (χ1n) is 14.1. The van der Waals surface area contributed by atoms with E-state index < -0.39 is 5.54 Å². The van der Waals surface area contributed by atoms with Crippen molar-refractivity contribution in [1.82, 2.24) is 14.5 Å². The molecule has 3 N–H and O–H groups in total. The molecule has 2 aliphatic rings. The van der Waals surface area contributed by atoms with E-state index in [1.165, 1.54) is 0 Å². The molecule has 0 unspecified atom stereocenters. The van der Waals surface area contributed by atoms with Crippen LogP contribution in [0.1, 0.15) is 80.7 Å². The number of rotatable bonds is 10. The van der Waals surface area contributed by atoms with Crippen molar-refractivity contribution in [3.8, 4) is 0 Å². The number of aromatic nitrogens is 2. The SMILES string of the molecule is CCOC(=O)CCC(=O)N(C1CCCC1)C1(c2ccc3c(c2)nc(Cc2ccc(C(=N)N)cc2)c(=O)n3C)CC1.Cl. The van der Waals surface area contributed by atoms with E-state index in [2.05, 4.69) is 4.90 Å². The number of carbonyl (C=O) groups excluding carboxylic acids is 2. The Kier molecular flexibility index (Phi) is 9.17. The Morgan fingerprint density at radius 3 is 2.41 bits per heavy atom. The van der Waals surface area contributed by atoms with Crippen LogP contribution in [0.2, 0.25) is 0 Å². The number of nitrogens with one attached hydrogen (secondary N) is 1. The molecule has 1 heterocycles. The van der Waals surface area contributed by atoms with Crippen LogP contribution in [0.4, 0.5) is 0 Å². The van der Waals surface area contributed by atoms with Gasteiger partial charge >= 0.3 is 5.97 Å². The van der Waals surface area contributed by atoms with Gasteiger partial charge in [0.2, 0.25) is 5.91 Å². The van der Waals surface area contributed by atoms with Crippen LogP contribution in [-0.2, 0) is 33.3 Å². The highest BCUT2D eigenvalue weighted by Crippen LogP contribution is 2.54. The normalized spacial score (nSPS) is 15.8. The number of amidine groups is 1. The lowest BCUT2D eigenvalue weighted by molar-refractivity contribution is -0.147. The van der Waals surface area contributed by atoms with E-state index in [-0.39, 0.29) is 54.6 Å².